The zero-order chi connectivity index (χ0) is 22.5. The summed E-state index contributed by atoms with van der Waals surface area (Å²) in [5.41, 5.74) is 3.18. The molecule has 1 saturated heterocycles. The third-order valence-electron chi connectivity index (χ3n) is 6.32. The summed E-state index contributed by atoms with van der Waals surface area (Å²) in [5.74, 6) is 0.658. The Morgan fingerprint density at radius 2 is 1.62 bits per heavy atom. The molecular weight excluding hydrogens is 404 g/mol. The van der Waals surface area contributed by atoms with Crippen LogP contribution in [-0.4, -0.2) is 59.0 Å². The molecule has 32 heavy (non-hydrogen) atoms. The van der Waals surface area contributed by atoms with Gasteiger partial charge < -0.3 is 20.4 Å². The first kappa shape index (κ1) is 22.0. The molecule has 2 aromatic rings. The highest BCUT2D eigenvalue weighted by atomic mass is 16.2. The van der Waals surface area contributed by atoms with Crippen LogP contribution in [0.5, 0.6) is 0 Å². The Morgan fingerprint density at radius 1 is 0.938 bits per heavy atom. The molecule has 0 spiro atoms. The lowest BCUT2D eigenvalue weighted by molar-refractivity contribution is -0.129. The number of carbonyl (C=O) groups excluding carboxylic acids is 2. The van der Waals surface area contributed by atoms with E-state index in [9.17, 15) is 9.59 Å². The number of ketones is 1. The van der Waals surface area contributed by atoms with Crippen molar-refractivity contribution >= 4 is 34.6 Å². The summed E-state index contributed by atoms with van der Waals surface area (Å²) in [6, 6.07) is 10.4. The fraction of sp³-hybridized carbons (Fsp3) is 0.500. The molecule has 2 N–H and O–H groups in total. The van der Waals surface area contributed by atoms with Crippen LogP contribution in [0, 0.1) is 0 Å². The molecule has 1 aliphatic carbocycles. The van der Waals surface area contributed by atoms with Gasteiger partial charge in [-0.15, -0.1) is 10.2 Å². The lowest BCUT2D eigenvalue weighted by atomic mass is 9.95. The molecule has 170 valence electrons. The summed E-state index contributed by atoms with van der Waals surface area (Å²) in [5, 5.41) is 15.2. The Labute approximate surface area is 189 Å². The largest absolute Gasteiger partial charge is 0.380 e. The van der Waals surface area contributed by atoms with Crippen molar-refractivity contribution in [2.75, 3.05) is 41.7 Å². The topological polar surface area (TPSA) is 90.5 Å². The third-order valence-corrected chi connectivity index (χ3v) is 6.32. The van der Waals surface area contributed by atoms with Crippen molar-refractivity contribution < 1.29 is 9.59 Å². The standard InChI is InChI=1S/C24H32N6O2/c1-17(31)24-22(25-19-6-4-3-5-7-19)16-23(27-28-24)26-20-8-10-21(11-9-20)30-14-12-29(13-15-30)18(2)32/h8-11,16,19H,3-7,12-15H2,1-2H3,(H2,25,26,27). The second kappa shape index (κ2) is 9.97. The van der Waals surface area contributed by atoms with Crippen LogP contribution < -0.4 is 15.5 Å². The molecule has 1 amide bonds. The number of Topliss-reactive ketones (excluding diaryl/α,β-unsaturated/α-hetero) is 1. The zero-order valence-electron chi connectivity index (χ0n) is 18.9. The minimum Gasteiger partial charge on any atom is -0.380 e. The number of carbonyl (C=O) groups is 2. The van der Waals surface area contributed by atoms with Crippen molar-refractivity contribution in [3.8, 4) is 0 Å². The van der Waals surface area contributed by atoms with E-state index in [1.54, 1.807) is 6.92 Å². The average Bonchev–Trinajstić information content (AvgIpc) is 2.80. The quantitative estimate of drug-likeness (QED) is 0.665. The molecule has 4 rings (SSSR count). The number of rotatable bonds is 6. The molecule has 8 heteroatoms. The molecule has 2 aliphatic rings. The van der Waals surface area contributed by atoms with Gasteiger partial charge in [0.05, 0.1) is 5.69 Å². The summed E-state index contributed by atoms with van der Waals surface area (Å²) in [6.07, 6.45) is 5.94. The Kier molecular flexibility index (Phi) is 6.87. The van der Waals surface area contributed by atoms with Gasteiger partial charge in [0, 0.05) is 63.5 Å². The summed E-state index contributed by atoms with van der Waals surface area (Å²) >= 11 is 0. The highest BCUT2D eigenvalue weighted by Gasteiger charge is 2.20. The normalized spacial score (nSPS) is 17.2. The highest BCUT2D eigenvalue weighted by molar-refractivity contribution is 5.97. The van der Waals surface area contributed by atoms with Crippen LogP contribution >= 0.6 is 0 Å². The predicted molar refractivity (Wildman–Crippen MR) is 127 cm³/mol. The van der Waals surface area contributed by atoms with Crippen LogP contribution in [0.3, 0.4) is 0 Å². The smallest absolute Gasteiger partial charge is 0.219 e. The molecule has 2 heterocycles. The predicted octanol–water partition coefficient (Wildman–Crippen LogP) is 3.84. The second-order valence-electron chi connectivity index (χ2n) is 8.69. The third kappa shape index (κ3) is 5.36. The summed E-state index contributed by atoms with van der Waals surface area (Å²) in [6.45, 7) is 6.33. The lowest BCUT2D eigenvalue weighted by Gasteiger charge is -2.35. The van der Waals surface area contributed by atoms with Gasteiger partial charge in [0.25, 0.3) is 0 Å². The maximum atomic E-state index is 12.0. The monoisotopic (exact) mass is 436 g/mol. The highest BCUT2D eigenvalue weighted by Crippen LogP contribution is 2.26. The molecule has 1 aromatic carbocycles. The maximum absolute atomic E-state index is 12.0. The van der Waals surface area contributed by atoms with E-state index >= 15 is 0 Å². The van der Waals surface area contributed by atoms with Crippen LogP contribution in [-0.2, 0) is 4.79 Å². The van der Waals surface area contributed by atoms with Gasteiger partial charge in [-0.05, 0) is 37.1 Å². The fourth-order valence-electron chi connectivity index (χ4n) is 4.47. The zero-order valence-corrected chi connectivity index (χ0v) is 18.9. The van der Waals surface area contributed by atoms with Gasteiger partial charge >= 0.3 is 0 Å². The maximum Gasteiger partial charge on any atom is 0.219 e. The molecule has 1 aromatic heterocycles. The van der Waals surface area contributed by atoms with Gasteiger partial charge in [-0.2, -0.15) is 0 Å². The Morgan fingerprint density at radius 3 is 2.25 bits per heavy atom. The molecule has 1 saturated carbocycles. The van der Waals surface area contributed by atoms with Gasteiger partial charge in [-0.25, -0.2) is 0 Å². The Balaban J connectivity index is 1.42. The lowest BCUT2D eigenvalue weighted by Crippen LogP contribution is -2.48. The summed E-state index contributed by atoms with van der Waals surface area (Å²) < 4.78 is 0. The van der Waals surface area contributed by atoms with Crippen LogP contribution in [0.15, 0.2) is 30.3 Å². The number of benzene rings is 1. The number of piperazine rings is 1. The van der Waals surface area contributed by atoms with Crippen molar-refractivity contribution in [1.82, 2.24) is 15.1 Å². The van der Waals surface area contributed by atoms with Crippen LogP contribution in [0.2, 0.25) is 0 Å². The number of nitrogens with one attached hydrogen (secondary N) is 2. The van der Waals surface area contributed by atoms with Crippen molar-refractivity contribution in [2.24, 2.45) is 0 Å². The van der Waals surface area contributed by atoms with Crippen molar-refractivity contribution in [1.29, 1.82) is 0 Å². The van der Waals surface area contributed by atoms with Gasteiger partial charge in [0.15, 0.2) is 17.3 Å². The van der Waals surface area contributed by atoms with E-state index in [1.165, 1.54) is 26.2 Å². The molecule has 0 atom stereocenters. The molecule has 0 unspecified atom stereocenters. The molecule has 8 nitrogen and oxygen atoms in total. The van der Waals surface area contributed by atoms with Crippen molar-refractivity contribution in [2.45, 2.75) is 52.0 Å². The Bertz CT molecular complexity index is 947. The van der Waals surface area contributed by atoms with E-state index in [-0.39, 0.29) is 11.7 Å². The van der Waals surface area contributed by atoms with Crippen LogP contribution in [0.25, 0.3) is 0 Å². The number of hydrogen-bond donors (Lipinski definition) is 2. The SMILES string of the molecule is CC(=O)c1nnc(Nc2ccc(N3CCN(C(C)=O)CC3)cc2)cc1NC1CCCCC1. The first-order chi connectivity index (χ1) is 15.5. The average molecular weight is 437 g/mol. The minimum atomic E-state index is -0.0865. The summed E-state index contributed by atoms with van der Waals surface area (Å²) in [4.78, 5) is 27.7. The van der Waals surface area contributed by atoms with Gasteiger partial charge in [-0.3, -0.25) is 9.59 Å². The van der Waals surface area contributed by atoms with E-state index in [0.29, 0.717) is 17.6 Å². The number of anilines is 4. The van der Waals surface area contributed by atoms with E-state index in [4.69, 9.17) is 0 Å². The van der Waals surface area contributed by atoms with Crippen LogP contribution in [0.4, 0.5) is 22.9 Å². The van der Waals surface area contributed by atoms with Gasteiger partial charge in [0.2, 0.25) is 5.91 Å². The first-order valence-corrected chi connectivity index (χ1v) is 11.5. The fourth-order valence-corrected chi connectivity index (χ4v) is 4.47. The van der Waals surface area contributed by atoms with E-state index < -0.39 is 0 Å². The molecule has 2 fully saturated rings. The first-order valence-electron chi connectivity index (χ1n) is 11.5. The second-order valence-corrected chi connectivity index (χ2v) is 8.69. The van der Waals surface area contributed by atoms with Gasteiger partial charge in [0.1, 0.15) is 0 Å². The van der Waals surface area contributed by atoms with E-state index in [2.05, 4.69) is 37.9 Å². The Hall–Kier alpha value is -3.16. The number of nitrogens with zero attached hydrogens (tertiary/aromatic N) is 4. The molecule has 1 aliphatic heterocycles. The van der Waals surface area contributed by atoms with Crippen molar-refractivity contribution in [3.05, 3.63) is 36.0 Å². The molecule has 0 radical (unpaired) electrons. The number of hydrogen-bond acceptors (Lipinski definition) is 7. The van der Waals surface area contributed by atoms with E-state index in [1.807, 2.05) is 23.1 Å². The summed E-state index contributed by atoms with van der Waals surface area (Å²) in [7, 11) is 0. The molecular formula is C24H32N6O2. The number of amides is 1. The van der Waals surface area contributed by atoms with Crippen LogP contribution in [0.1, 0.15) is 56.4 Å². The minimum absolute atomic E-state index is 0.0865. The molecule has 0 bridgehead atoms. The van der Waals surface area contributed by atoms with Crippen molar-refractivity contribution in [3.63, 3.8) is 0 Å². The number of aromatic nitrogens is 2. The van der Waals surface area contributed by atoms with Gasteiger partial charge in [-0.1, -0.05) is 19.3 Å². The van der Waals surface area contributed by atoms with E-state index in [0.717, 1.165) is 56.1 Å².